The number of thiophene rings is 1. The molecule has 4 nitrogen and oxygen atoms in total. The molecule has 0 unspecified atom stereocenters. The van der Waals surface area contributed by atoms with Gasteiger partial charge >= 0.3 is 0 Å². The van der Waals surface area contributed by atoms with Gasteiger partial charge in [0.2, 0.25) is 10.0 Å². The minimum atomic E-state index is -3.39. The summed E-state index contributed by atoms with van der Waals surface area (Å²) < 4.78 is 25.5. The van der Waals surface area contributed by atoms with Crippen molar-refractivity contribution in [2.75, 3.05) is 14.1 Å². The maximum absolute atomic E-state index is 12.1. The molecule has 2 heterocycles. The molecule has 0 aliphatic rings. The van der Waals surface area contributed by atoms with Crippen molar-refractivity contribution in [3.05, 3.63) is 41.8 Å². The van der Waals surface area contributed by atoms with Gasteiger partial charge in [0, 0.05) is 25.0 Å². The molecule has 0 atom stereocenters. The summed E-state index contributed by atoms with van der Waals surface area (Å²) in [5, 5.41) is 2.92. The summed E-state index contributed by atoms with van der Waals surface area (Å²) >= 11 is 1.65. The Labute approximate surface area is 121 Å². The second kappa shape index (κ2) is 4.73. The number of hydrogen-bond acceptors (Lipinski definition) is 3. The van der Waals surface area contributed by atoms with E-state index in [1.54, 1.807) is 23.5 Å². The Morgan fingerprint density at radius 3 is 2.60 bits per heavy atom. The molecule has 1 N–H and O–H groups in total. The summed E-state index contributed by atoms with van der Waals surface area (Å²) in [7, 11) is -0.320. The Balaban J connectivity index is 2.13. The van der Waals surface area contributed by atoms with Crippen LogP contribution in [0.5, 0.6) is 0 Å². The van der Waals surface area contributed by atoms with Crippen LogP contribution in [0.25, 0.3) is 21.5 Å². The summed E-state index contributed by atoms with van der Waals surface area (Å²) in [5.41, 5.74) is 1.94. The fourth-order valence-corrected chi connectivity index (χ4v) is 3.68. The molecule has 2 aromatic heterocycles. The van der Waals surface area contributed by atoms with E-state index in [1.165, 1.54) is 18.4 Å². The van der Waals surface area contributed by atoms with Crippen LogP contribution < -0.4 is 0 Å². The van der Waals surface area contributed by atoms with Gasteiger partial charge in [-0.3, -0.25) is 0 Å². The lowest BCUT2D eigenvalue weighted by molar-refractivity contribution is 0.521. The van der Waals surface area contributed by atoms with Gasteiger partial charge in [-0.1, -0.05) is 6.07 Å². The van der Waals surface area contributed by atoms with E-state index in [0.29, 0.717) is 4.90 Å². The summed E-state index contributed by atoms with van der Waals surface area (Å²) in [6.45, 7) is 0. The lowest BCUT2D eigenvalue weighted by Crippen LogP contribution is -2.22. The zero-order chi connectivity index (χ0) is 14.3. The van der Waals surface area contributed by atoms with Crippen LogP contribution in [0.2, 0.25) is 0 Å². The van der Waals surface area contributed by atoms with Crippen LogP contribution in [0.3, 0.4) is 0 Å². The van der Waals surface area contributed by atoms with Crippen LogP contribution in [0.15, 0.2) is 46.7 Å². The first-order valence-electron chi connectivity index (χ1n) is 6.08. The van der Waals surface area contributed by atoms with E-state index in [9.17, 15) is 8.42 Å². The number of aromatic nitrogens is 1. The third kappa shape index (κ3) is 2.15. The van der Waals surface area contributed by atoms with Crippen LogP contribution in [0.1, 0.15) is 0 Å². The summed E-state index contributed by atoms with van der Waals surface area (Å²) in [5.74, 6) is 0. The second-order valence-electron chi connectivity index (χ2n) is 4.70. The highest BCUT2D eigenvalue weighted by Crippen LogP contribution is 2.29. The Morgan fingerprint density at radius 2 is 1.95 bits per heavy atom. The zero-order valence-corrected chi connectivity index (χ0v) is 12.8. The number of H-pyrrole nitrogens is 1. The number of nitrogens with zero attached hydrogens (tertiary/aromatic N) is 1. The molecule has 6 heteroatoms. The average Bonchev–Trinajstić information content (AvgIpc) is 3.06. The van der Waals surface area contributed by atoms with E-state index >= 15 is 0 Å². The molecule has 0 amide bonds. The molecule has 0 fully saturated rings. The topological polar surface area (TPSA) is 53.2 Å². The minimum Gasteiger partial charge on any atom is -0.354 e. The van der Waals surface area contributed by atoms with E-state index in [-0.39, 0.29) is 0 Å². The average molecular weight is 306 g/mol. The van der Waals surface area contributed by atoms with Gasteiger partial charge in [-0.15, -0.1) is 11.3 Å². The first-order chi connectivity index (χ1) is 9.48. The highest BCUT2D eigenvalue weighted by Gasteiger charge is 2.17. The van der Waals surface area contributed by atoms with Gasteiger partial charge in [0.05, 0.1) is 15.5 Å². The van der Waals surface area contributed by atoms with E-state index in [2.05, 4.69) is 4.98 Å². The summed E-state index contributed by atoms with van der Waals surface area (Å²) in [6, 6.07) is 11.2. The fraction of sp³-hybridized carbons (Fsp3) is 0.143. The van der Waals surface area contributed by atoms with Crippen LogP contribution >= 0.6 is 11.3 Å². The van der Waals surface area contributed by atoms with Crippen LogP contribution in [0, 0.1) is 0 Å². The van der Waals surface area contributed by atoms with Crippen molar-refractivity contribution in [3.63, 3.8) is 0 Å². The number of hydrogen-bond donors (Lipinski definition) is 1. The lowest BCUT2D eigenvalue weighted by atomic mass is 10.2. The molecule has 0 spiro atoms. The van der Waals surface area contributed by atoms with Crippen molar-refractivity contribution in [1.82, 2.24) is 9.29 Å². The van der Waals surface area contributed by atoms with Crippen molar-refractivity contribution >= 4 is 32.3 Å². The van der Waals surface area contributed by atoms with E-state index < -0.39 is 10.0 Å². The predicted molar refractivity (Wildman–Crippen MR) is 82.5 cm³/mol. The monoisotopic (exact) mass is 306 g/mol. The predicted octanol–water partition coefficient (Wildman–Crippen LogP) is 3.15. The number of rotatable bonds is 3. The first kappa shape index (κ1) is 13.4. The normalized spacial score (nSPS) is 12.3. The fourth-order valence-electron chi connectivity index (χ4n) is 2.05. The number of sulfonamides is 1. The molecule has 0 saturated heterocycles. The quantitative estimate of drug-likeness (QED) is 0.808. The van der Waals surface area contributed by atoms with Crippen LogP contribution in [-0.2, 0) is 10.0 Å². The summed E-state index contributed by atoms with van der Waals surface area (Å²) in [4.78, 5) is 4.76. The molecule has 20 heavy (non-hydrogen) atoms. The number of aromatic amines is 1. The third-order valence-corrected chi connectivity index (χ3v) is 5.87. The molecule has 0 radical (unpaired) electrons. The zero-order valence-electron chi connectivity index (χ0n) is 11.1. The molecule has 1 aromatic carbocycles. The summed E-state index contributed by atoms with van der Waals surface area (Å²) in [6.07, 6.45) is 0. The van der Waals surface area contributed by atoms with Crippen molar-refractivity contribution in [3.8, 4) is 10.6 Å². The second-order valence-corrected chi connectivity index (χ2v) is 7.80. The molecular weight excluding hydrogens is 292 g/mol. The molecular formula is C14H14N2O2S2. The van der Waals surface area contributed by atoms with E-state index in [0.717, 1.165) is 21.5 Å². The molecule has 0 aliphatic heterocycles. The highest BCUT2D eigenvalue weighted by molar-refractivity contribution is 7.89. The van der Waals surface area contributed by atoms with Gasteiger partial charge in [0.1, 0.15) is 0 Å². The Kier molecular flexibility index (Phi) is 3.16. The highest BCUT2D eigenvalue weighted by atomic mass is 32.2. The van der Waals surface area contributed by atoms with Gasteiger partial charge in [-0.2, -0.15) is 0 Å². The smallest absolute Gasteiger partial charge is 0.242 e. The molecule has 0 saturated carbocycles. The number of nitrogens with one attached hydrogen (secondary N) is 1. The van der Waals surface area contributed by atoms with Crippen molar-refractivity contribution < 1.29 is 8.42 Å². The van der Waals surface area contributed by atoms with E-state index in [1.807, 2.05) is 29.6 Å². The van der Waals surface area contributed by atoms with Gasteiger partial charge in [-0.05, 0) is 35.7 Å². The largest absolute Gasteiger partial charge is 0.354 e. The maximum Gasteiger partial charge on any atom is 0.242 e. The van der Waals surface area contributed by atoms with Gasteiger partial charge < -0.3 is 4.98 Å². The maximum atomic E-state index is 12.1. The molecule has 0 aliphatic carbocycles. The SMILES string of the molecule is CN(C)S(=O)(=O)c1ccc2[nH]c(-c3cccs3)cc2c1. The lowest BCUT2D eigenvalue weighted by Gasteiger charge is -2.10. The van der Waals surface area contributed by atoms with Gasteiger partial charge in [0.15, 0.2) is 0 Å². The first-order valence-corrected chi connectivity index (χ1v) is 8.39. The van der Waals surface area contributed by atoms with Gasteiger partial charge in [0.25, 0.3) is 0 Å². The van der Waals surface area contributed by atoms with E-state index in [4.69, 9.17) is 0 Å². The minimum absolute atomic E-state index is 0.312. The molecule has 104 valence electrons. The molecule has 0 bridgehead atoms. The molecule has 3 rings (SSSR count). The Bertz CT molecular complexity index is 847. The van der Waals surface area contributed by atoms with Crippen molar-refractivity contribution in [1.29, 1.82) is 0 Å². The third-order valence-electron chi connectivity index (χ3n) is 3.16. The Hall–Kier alpha value is -1.63. The number of benzene rings is 1. The van der Waals surface area contributed by atoms with Crippen LogP contribution in [0.4, 0.5) is 0 Å². The standard InChI is InChI=1S/C14H14N2O2S2/c1-16(2)20(17,18)11-5-6-12-10(8-11)9-13(15-12)14-4-3-7-19-14/h3-9,15H,1-2H3. The van der Waals surface area contributed by atoms with Crippen molar-refractivity contribution in [2.45, 2.75) is 4.90 Å². The van der Waals surface area contributed by atoms with Gasteiger partial charge in [-0.25, -0.2) is 12.7 Å². The number of fused-ring (bicyclic) bond motifs is 1. The molecule has 3 aromatic rings. The Morgan fingerprint density at radius 1 is 1.15 bits per heavy atom. The van der Waals surface area contributed by atoms with Crippen molar-refractivity contribution in [2.24, 2.45) is 0 Å². The van der Waals surface area contributed by atoms with Crippen LogP contribution in [-0.4, -0.2) is 31.8 Å².